The van der Waals surface area contributed by atoms with Crippen LogP contribution in [0.1, 0.15) is 30.0 Å². The minimum atomic E-state index is -3.48. The first-order valence-electron chi connectivity index (χ1n) is 10.7. The van der Waals surface area contributed by atoms with E-state index >= 15 is 0 Å². The van der Waals surface area contributed by atoms with Crippen LogP contribution in [0, 0.1) is 0 Å². The van der Waals surface area contributed by atoms with Crippen LogP contribution >= 0.6 is 0 Å². The molecule has 30 heavy (non-hydrogen) atoms. The van der Waals surface area contributed by atoms with Crippen LogP contribution in [0.5, 0.6) is 0 Å². The SMILES string of the molecule is C[C@H](C(=O)NCc1ccccc1)[NH+]1CCN(S(=O)(=O)c2ccc3c(c2)CCC3)CC1. The molecule has 0 radical (unpaired) electrons. The zero-order chi connectivity index (χ0) is 21.1. The minimum Gasteiger partial charge on any atom is -0.347 e. The molecule has 1 amide bonds. The van der Waals surface area contributed by atoms with Gasteiger partial charge in [-0.25, -0.2) is 8.42 Å². The van der Waals surface area contributed by atoms with Crippen LogP contribution in [-0.2, 0) is 34.2 Å². The van der Waals surface area contributed by atoms with E-state index in [-0.39, 0.29) is 11.9 Å². The summed E-state index contributed by atoms with van der Waals surface area (Å²) < 4.78 is 27.8. The standard InChI is InChI=1S/C23H29N3O3S/c1-18(23(27)24-17-19-6-3-2-4-7-19)25-12-14-26(15-13-25)30(28,29)22-11-10-20-8-5-9-21(20)16-22/h2-4,6-7,10-11,16,18H,5,8-9,12-15,17H2,1H3,(H,24,27)/p+1/t18-/m1/s1. The molecule has 0 spiro atoms. The summed E-state index contributed by atoms with van der Waals surface area (Å²) >= 11 is 0. The van der Waals surface area contributed by atoms with Gasteiger partial charge in [-0.15, -0.1) is 0 Å². The zero-order valence-corrected chi connectivity index (χ0v) is 18.2. The first-order valence-corrected chi connectivity index (χ1v) is 12.2. The van der Waals surface area contributed by atoms with E-state index in [4.69, 9.17) is 0 Å². The van der Waals surface area contributed by atoms with Crippen molar-refractivity contribution in [3.63, 3.8) is 0 Å². The van der Waals surface area contributed by atoms with Crippen molar-refractivity contribution in [1.29, 1.82) is 0 Å². The van der Waals surface area contributed by atoms with Crippen LogP contribution in [0.2, 0.25) is 0 Å². The number of piperazine rings is 1. The van der Waals surface area contributed by atoms with Gasteiger partial charge in [-0.05, 0) is 55.0 Å². The van der Waals surface area contributed by atoms with Gasteiger partial charge in [0.25, 0.3) is 5.91 Å². The lowest BCUT2D eigenvalue weighted by Crippen LogP contribution is -3.19. The molecule has 0 aromatic heterocycles. The summed E-state index contributed by atoms with van der Waals surface area (Å²) in [6.07, 6.45) is 3.11. The zero-order valence-electron chi connectivity index (χ0n) is 17.4. The van der Waals surface area contributed by atoms with Gasteiger partial charge in [0, 0.05) is 6.54 Å². The predicted octanol–water partition coefficient (Wildman–Crippen LogP) is 0.769. The van der Waals surface area contributed by atoms with Gasteiger partial charge in [0.1, 0.15) is 0 Å². The molecule has 2 aliphatic rings. The van der Waals surface area contributed by atoms with Crippen molar-refractivity contribution >= 4 is 15.9 Å². The Morgan fingerprint density at radius 3 is 2.50 bits per heavy atom. The molecule has 1 atom stereocenters. The number of carbonyl (C=O) groups is 1. The highest BCUT2D eigenvalue weighted by Gasteiger charge is 2.34. The normalized spacial score (nSPS) is 18.7. The van der Waals surface area contributed by atoms with E-state index in [0.29, 0.717) is 37.6 Å². The molecule has 0 unspecified atom stereocenters. The Balaban J connectivity index is 1.33. The smallest absolute Gasteiger partial charge is 0.278 e. The second-order valence-electron chi connectivity index (χ2n) is 8.27. The number of nitrogens with zero attached hydrogens (tertiary/aromatic N) is 1. The second kappa shape index (κ2) is 8.88. The van der Waals surface area contributed by atoms with Gasteiger partial charge in [0.2, 0.25) is 10.0 Å². The lowest BCUT2D eigenvalue weighted by molar-refractivity contribution is -0.917. The number of sulfonamides is 1. The molecule has 4 rings (SSSR count). The number of rotatable bonds is 6. The van der Waals surface area contributed by atoms with Gasteiger partial charge in [-0.3, -0.25) is 4.79 Å². The van der Waals surface area contributed by atoms with E-state index in [1.54, 1.807) is 10.4 Å². The molecule has 160 valence electrons. The summed E-state index contributed by atoms with van der Waals surface area (Å²) in [6, 6.07) is 15.2. The highest BCUT2D eigenvalue weighted by atomic mass is 32.2. The van der Waals surface area contributed by atoms with E-state index in [1.807, 2.05) is 49.4 Å². The quantitative estimate of drug-likeness (QED) is 0.714. The minimum absolute atomic E-state index is 0.00350. The van der Waals surface area contributed by atoms with Gasteiger partial charge >= 0.3 is 0 Å². The number of aryl methyl sites for hydroxylation is 2. The maximum atomic E-state index is 13.1. The first-order chi connectivity index (χ1) is 14.4. The number of amides is 1. The summed E-state index contributed by atoms with van der Waals surface area (Å²) in [5, 5.41) is 3.00. The van der Waals surface area contributed by atoms with Crippen molar-refractivity contribution in [3.8, 4) is 0 Å². The number of hydrogen-bond acceptors (Lipinski definition) is 3. The summed E-state index contributed by atoms with van der Waals surface area (Å²) in [5.41, 5.74) is 3.51. The molecule has 1 heterocycles. The highest BCUT2D eigenvalue weighted by molar-refractivity contribution is 7.89. The van der Waals surface area contributed by atoms with Gasteiger partial charge in [-0.1, -0.05) is 36.4 Å². The number of nitrogens with one attached hydrogen (secondary N) is 2. The third-order valence-corrected chi connectivity index (χ3v) is 8.28. The average Bonchev–Trinajstić information content (AvgIpc) is 3.26. The Morgan fingerprint density at radius 2 is 1.77 bits per heavy atom. The monoisotopic (exact) mass is 428 g/mol. The third-order valence-electron chi connectivity index (χ3n) is 6.39. The molecule has 0 bridgehead atoms. The fraction of sp³-hybridized carbons (Fsp3) is 0.435. The second-order valence-corrected chi connectivity index (χ2v) is 10.2. The number of quaternary nitrogens is 1. The summed E-state index contributed by atoms with van der Waals surface area (Å²) in [5.74, 6) is 0.00350. The number of hydrogen-bond donors (Lipinski definition) is 2. The molecule has 2 aromatic rings. The Kier molecular flexibility index (Phi) is 6.22. The van der Waals surface area contributed by atoms with Crippen molar-refractivity contribution in [2.75, 3.05) is 26.2 Å². The number of benzene rings is 2. The van der Waals surface area contributed by atoms with E-state index in [2.05, 4.69) is 5.32 Å². The van der Waals surface area contributed by atoms with Crippen molar-refractivity contribution in [2.24, 2.45) is 0 Å². The maximum absolute atomic E-state index is 13.1. The van der Waals surface area contributed by atoms with Crippen LogP contribution < -0.4 is 10.2 Å². The molecule has 7 heteroatoms. The Hall–Kier alpha value is -2.22. The lowest BCUT2D eigenvalue weighted by Gasteiger charge is -2.34. The molecule has 0 saturated carbocycles. The third kappa shape index (κ3) is 4.43. The molecule has 2 N–H and O–H groups in total. The molecular weight excluding hydrogens is 398 g/mol. The Labute approximate surface area is 178 Å². The summed E-state index contributed by atoms with van der Waals surface area (Å²) in [7, 11) is -3.48. The number of fused-ring (bicyclic) bond motifs is 1. The van der Waals surface area contributed by atoms with E-state index < -0.39 is 10.0 Å². The fourth-order valence-corrected chi connectivity index (χ4v) is 5.92. The van der Waals surface area contributed by atoms with Crippen LogP contribution in [0.15, 0.2) is 53.4 Å². The predicted molar refractivity (Wildman–Crippen MR) is 116 cm³/mol. The van der Waals surface area contributed by atoms with E-state index in [1.165, 1.54) is 11.1 Å². The van der Waals surface area contributed by atoms with Crippen LogP contribution in [0.25, 0.3) is 0 Å². The molecule has 1 aliphatic heterocycles. The maximum Gasteiger partial charge on any atom is 0.278 e. The molecule has 1 fully saturated rings. The molecule has 2 aromatic carbocycles. The van der Waals surface area contributed by atoms with Crippen molar-refractivity contribution in [1.82, 2.24) is 9.62 Å². The van der Waals surface area contributed by atoms with Crippen molar-refractivity contribution in [2.45, 2.75) is 43.7 Å². The highest BCUT2D eigenvalue weighted by Crippen LogP contribution is 2.26. The Bertz CT molecular complexity index is 1000. The van der Waals surface area contributed by atoms with Crippen LogP contribution in [-0.4, -0.2) is 50.9 Å². The van der Waals surface area contributed by atoms with Crippen molar-refractivity contribution < 1.29 is 18.1 Å². The van der Waals surface area contributed by atoms with E-state index in [0.717, 1.165) is 29.7 Å². The van der Waals surface area contributed by atoms with Crippen LogP contribution in [0.4, 0.5) is 0 Å². The Morgan fingerprint density at radius 1 is 1.07 bits per heavy atom. The topological polar surface area (TPSA) is 70.9 Å². The van der Waals surface area contributed by atoms with Gasteiger partial charge < -0.3 is 10.2 Å². The van der Waals surface area contributed by atoms with Gasteiger partial charge in [0.15, 0.2) is 6.04 Å². The molecule has 1 saturated heterocycles. The van der Waals surface area contributed by atoms with Gasteiger partial charge in [0.05, 0.1) is 31.1 Å². The average molecular weight is 429 g/mol. The number of carbonyl (C=O) groups excluding carboxylic acids is 1. The van der Waals surface area contributed by atoms with Gasteiger partial charge in [-0.2, -0.15) is 4.31 Å². The fourth-order valence-electron chi connectivity index (χ4n) is 4.43. The summed E-state index contributed by atoms with van der Waals surface area (Å²) in [6.45, 7) is 4.56. The molecule has 1 aliphatic carbocycles. The molecular formula is C23H30N3O3S+. The molecule has 6 nitrogen and oxygen atoms in total. The lowest BCUT2D eigenvalue weighted by atomic mass is 10.1. The largest absolute Gasteiger partial charge is 0.347 e. The summed E-state index contributed by atoms with van der Waals surface area (Å²) in [4.78, 5) is 14.1. The van der Waals surface area contributed by atoms with E-state index in [9.17, 15) is 13.2 Å². The van der Waals surface area contributed by atoms with Crippen molar-refractivity contribution in [3.05, 3.63) is 65.2 Å². The van der Waals surface area contributed by atoms with Crippen LogP contribution in [0.3, 0.4) is 0 Å². The first kappa shape index (κ1) is 21.0.